The fourth-order valence-corrected chi connectivity index (χ4v) is 3.69. The van der Waals surface area contributed by atoms with E-state index in [4.69, 9.17) is 0 Å². The molecule has 3 heterocycles. The second-order valence-electron chi connectivity index (χ2n) is 5.55. The smallest absolute Gasteiger partial charge is 0.258 e. The topological polar surface area (TPSA) is 70.7 Å². The molecule has 0 bridgehead atoms. The number of aromatic nitrogens is 3. The molecule has 7 heteroatoms. The molecule has 0 saturated carbocycles. The first-order valence-corrected chi connectivity index (χ1v) is 9.25. The van der Waals surface area contributed by atoms with E-state index in [1.165, 1.54) is 11.3 Å². The third-order valence-corrected chi connectivity index (χ3v) is 4.99. The number of pyridine rings is 1. The minimum absolute atomic E-state index is 0.190. The summed E-state index contributed by atoms with van der Waals surface area (Å²) < 4.78 is 0.931. The largest absolute Gasteiger partial charge is 0.360 e. The lowest BCUT2D eigenvalue weighted by molar-refractivity contribution is 0.102. The van der Waals surface area contributed by atoms with E-state index in [1.54, 1.807) is 6.07 Å². The molecule has 1 aromatic carbocycles. The fraction of sp³-hybridized carbons (Fsp3) is 0.0556. The van der Waals surface area contributed by atoms with Gasteiger partial charge in [-0.3, -0.25) is 15.1 Å². The van der Waals surface area contributed by atoms with E-state index < -0.39 is 0 Å². The third kappa shape index (κ3) is 3.20. The van der Waals surface area contributed by atoms with E-state index in [1.807, 2.05) is 48.8 Å². The molecule has 0 fully saturated rings. The number of thiazole rings is 1. The van der Waals surface area contributed by atoms with Crippen molar-refractivity contribution in [1.29, 1.82) is 0 Å². The van der Waals surface area contributed by atoms with Crippen molar-refractivity contribution >= 4 is 49.2 Å². The van der Waals surface area contributed by atoms with Crippen LogP contribution in [0, 0.1) is 6.92 Å². The number of nitrogens with zero attached hydrogens (tertiary/aromatic N) is 2. The highest BCUT2D eigenvalue weighted by molar-refractivity contribution is 9.10. The number of amides is 1. The van der Waals surface area contributed by atoms with Crippen LogP contribution in [0.2, 0.25) is 0 Å². The van der Waals surface area contributed by atoms with Crippen LogP contribution in [0.1, 0.15) is 16.1 Å². The Bertz CT molecular complexity index is 1070. The Morgan fingerprint density at radius 3 is 2.92 bits per heavy atom. The molecule has 0 aliphatic heterocycles. The van der Waals surface area contributed by atoms with Gasteiger partial charge in [-0.15, -0.1) is 11.3 Å². The normalized spacial score (nSPS) is 11.0. The molecule has 4 aromatic rings. The molecule has 0 radical (unpaired) electrons. The molecule has 0 unspecified atom stereocenters. The number of hydrogen-bond acceptors (Lipinski definition) is 4. The average Bonchev–Trinajstić information content (AvgIpc) is 3.24. The monoisotopic (exact) mass is 412 g/mol. The molecule has 1 amide bonds. The lowest BCUT2D eigenvalue weighted by Gasteiger charge is -2.08. The Hall–Kier alpha value is -2.51. The number of carbonyl (C=O) groups excluding carboxylic acids is 1. The first-order valence-electron chi connectivity index (χ1n) is 7.58. The Morgan fingerprint density at radius 2 is 2.12 bits per heavy atom. The van der Waals surface area contributed by atoms with Crippen LogP contribution in [0.3, 0.4) is 0 Å². The number of fused-ring (bicyclic) bond motifs is 1. The number of benzene rings is 1. The van der Waals surface area contributed by atoms with Gasteiger partial charge in [-0.1, -0.05) is 22.0 Å². The molecule has 0 aliphatic carbocycles. The number of anilines is 1. The van der Waals surface area contributed by atoms with Crippen molar-refractivity contribution in [3.63, 3.8) is 0 Å². The Balaban J connectivity index is 1.66. The summed E-state index contributed by atoms with van der Waals surface area (Å²) in [5, 5.41) is 6.18. The first kappa shape index (κ1) is 16.0. The van der Waals surface area contributed by atoms with Crippen LogP contribution in [0.4, 0.5) is 5.13 Å². The summed E-state index contributed by atoms with van der Waals surface area (Å²) in [5.74, 6) is -0.190. The SMILES string of the molecule is Cc1cc(C(=O)Nc2nc(-c3ccc[nH]3)cs2)c2ccc(Br)cc2n1. The van der Waals surface area contributed by atoms with Gasteiger partial charge in [-0.2, -0.15) is 0 Å². The zero-order valence-corrected chi connectivity index (χ0v) is 15.6. The van der Waals surface area contributed by atoms with Crippen LogP contribution in [0.5, 0.6) is 0 Å². The Labute approximate surface area is 156 Å². The number of carbonyl (C=O) groups is 1. The molecule has 0 atom stereocenters. The predicted octanol–water partition coefficient (Wildman–Crippen LogP) is 5.01. The summed E-state index contributed by atoms with van der Waals surface area (Å²) in [7, 11) is 0. The van der Waals surface area contributed by atoms with E-state index in [0.717, 1.165) is 32.5 Å². The number of nitrogens with one attached hydrogen (secondary N) is 2. The van der Waals surface area contributed by atoms with E-state index in [0.29, 0.717) is 10.7 Å². The predicted molar refractivity (Wildman–Crippen MR) is 104 cm³/mol. The van der Waals surface area contributed by atoms with Gasteiger partial charge < -0.3 is 4.98 Å². The van der Waals surface area contributed by atoms with Gasteiger partial charge in [0.25, 0.3) is 5.91 Å². The fourth-order valence-electron chi connectivity index (χ4n) is 2.63. The molecule has 25 heavy (non-hydrogen) atoms. The maximum Gasteiger partial charge on any atom is 0.258 e. The van der Waals surface area contributed by atoms with Crippen LogP contribution in [-0.4, -0.2) is 20.9 Å². The minimum atomic E-state index is -0.190. The summed E-state index contributed by atoms with van der Waals surface area (Å²) in [6.45, 7) is 1.88. The Morgan fingerprint density at radius 1 is 1.24 bits per heavy atom. The summed E-state index contributed by atoms with van der Waals surface area (Å²) in [4.78, 5) is 24.8. The van der Waals surface area contributed by atoms with Crippen LogP contribution < -0.4 is 5.32 Å². The average molecular weight is 413 g/mol. The van der Waals surface area contributed by atoms with Crippen LogP contribution in [0.15, 0.2) is 52.4 Å². The second kappa shape index (κ2) is 6.42. The molecule has 0 spiro atoms. The van der Waals surface area contributed by atoms with Gasteiger partial charge in [-0.05, 0) is 37.3 Å². The summed E-state index contributed by atoms with van der Waals surface area (Å²) >= 11 is 4.84. The second-order valence-corrected chi connectivity index (χ2v) is 7.32. The number of hydrogen-bond donors (Lipinski definition) is 2. The van der Waals surface area contributed by atoms with Gasteiger partial charge in [0.2, 0.25) is 0 Å². The van der Waals surface area contributed by atoms with Gasteiger partial charge >= 0.3 is 0 Å². The van der Waals surface area contributed by atoms with Crippen molar-refractivity contribution in [2.45, 2.75) is 6.92 Å². The van der Waals surface area contributed by atoms with Crippen molar-refractivity contribution in [2.75, 3.05) is 5.32 Å². The summed E-state index contributed by atoms with van der Waals surface area (Å²) in [6.07, 6.45) is 1.84. The minimum Gasteiger partial charge on any atom is -0.360 e. The van der Waals surface area contributed by atoms with Gasteiger partial charge in [0.15, 0.2) is 5.13 Å². The van der Waals surface area contributed by atoms with Gasteiger partial charge in [0.1, 0.15) is 0 Å². The number of aromatic amines is 1. The quantitative estimate of drug-likeness (QED) is 0.496. The van der Waals surface area contributed by atoms with E-state index in [2.05, 4.69) is 36.2 Å². The molecule has 0 saturated heterocycles. The van der Waals surface area contributed by atoms with Gasteiger partial charge in [-0.25, -0.2) is 4.98 Å². The highest BCUT2D eigenvalue weighted by Gasteiger charge is 2.14. The number of aryl methyl sites for hydroxylation is 1. The van der Waals surface area contributed by atoms with E-state index in [-0.39, 0.29) is 5.91 Å². The molecule has 0 aliphatic rings. The molecule has 2 N–H and O–H groups in total. The number of rotatable bonds is 3. The zero-order valence-electron chi connectivity index (χ0n) is 13.2. The van der Waals surface area contributed by atoms with E-state index >= 15 is 0 Å². The molecule has 4 rings (SSSR count). The Kier molecular flexibility index (Phi) is 4.10. The summed E-state index contributed by atoms with van der Waals surface area (Å²) in [5.41, 5.74) is 3.90. The molecule has 124 valence electrons. The molecular weight excluding hydrogens is 400 g/mol. The maximum absolute atomic E-state index is 12.8. The number of H-pyrrole nitrogens is 1. The van der Waals surface area contributed by atoms with Crippen molar-refractivity contribution in [3.8, 4) is 11.4 Å². The first-order chi connectivity index (χ1) is 12.1. The highest BCUT2D eigenvalue weighted by atomic mass is 79.9. The van der Waals surface area contributed by atoms with Crippen molar-refractivity contribution in [1.82, 2.24) is 15.0 Å². The standard InChI is InChI=1S/C18H13BrN4OS/c1-10-7-13(12-5-4-11(19)8-15(12)21-10)17(24)23-18-22-16(9-25-18)14-3-2-6-20-14/h2-9,20H,1H3,(H,22,23,24). The van der Waals surface area contributed by atoms with Crippen molar-refractivity contribution in [2.24, 2.45) is 0 Å². The van der Waals surface area contributed by atoms with Crippen LogP contribution >= 0.6 is 27.3 Å². The molecule has 3 aromatic heterocycles. The van der Waals surface area contributed by atoms with Crippen molar-refractivity contribution in [3.05, 3.63) is 63.7 Å². The van der Waals surface area contributed by atoms with Crippen LogP contribution in [0.25, 0.3) is 22.3 Å². The molecular formula is C18H13BrN4OS. The number of halogens is 1. The summed E-state index contributed by atoms with van der Waals surface area (Å²) in [6, 6.07) is 11.4. The van der Waals surface area contributed by atoms with Gasteiger partial charge in [0.05, 0.1) is 22.5 Å². The zero-order chi connectivity index (χ0) is 17.4. The molecule has 5 nitrogen and oxygen atoms in total. The lowest BCUT2D eigenvalue weighted by atomic mass is 10.1. The van der Waals surface area contributed by atoms with Crippen molar-refractivity contribution < 1.29 is 4.79 Å². The highest BCUT2D eigenvalue weighted by Crippen LogP contribution is 2.26. The van der Waals surface area contributed by atoms with Crippen LogP contribution in [-0.2, 0) is 0 Å². The third-order valence-electron chi connectivity index (χ3n) is 3.74. The van der Waals surface area contributed by atoms with Gasteiger partial charge in [0, 0.05) is 27.1 Å². The lowest BCUT2D eigenvalue weighted by Crippen LogP contribution is -2.13. The van der Waals surface area contributed by atoms with E-state index in [9.17, 15) is 4.79 Å². The maximum atomic E-state index is 12.8.